The minimum atomic E-state index is -1.01. The summed E-state index contributed by atoms with van der Waals surface area (Å²) in [6.45, 7) is 0. The van der Waals surface area contributed by atoms with E-state index in [2.05, 4.69) is 5.32 Å². The second kappa shape index (κ2) is 9.65. The predicted molar refractivity (Wildman–Crippen MR) is 132 cm³/mol. The number of nitrogens with one attached hydrogen (secondary N) is 1. The van der Waals surface area contributed by atoms with Gasteiger partial charge in [0.2, 0.25) is 5.91 Å². The molecule has 0 saturated carbocycles. The molecule has 1 aliphatic rings. The first-order valence-corrected chi connectivity index (χ1v) is 11.2. The van der Waals surface area contributed by atoms with Crippen LogP contribution in [0.25, 0.3) is 0 Å². The van der Waals surface area contributed by atoms with Crippen molar-refractivity contribution in [1.29, 1.82) is 0 Å². The normalized spacial score (nSPS) is 13.3. The van der Waals surface area contributed by atoms with E-state index >= 15 is 0 Å². The number of benzene rings is 4. The fraction of sp³-hybridized carbons (Fsp3) is 0.0690. The molecule has 1 atom stereocenters. The van der Waals surface area contributed by atoms with Crippen molar-refractivity contribution in [2.75, 3.05) is 5.32 Å². The number of anilines is 1. The van der Waals surface area contributed by atoms with Gasteiger partial charge in [0.15, 0.2) is 0 Å². The van der Waals surface area contributed by atoms with E-state index < -0.39 is 23.8 Å². The summed E-state index contributed by atoms with van der Waals surface area (Å²) in [5, 5.41) is 2.86. The van der Waals surface area contributed by atoms with Gasteiger partial charge < -0.3 is 10.1 Å². The number of ether oxygens (including phenoxy) is 1. The Bertz CT molecular complexity index is 1330. The lowest BCUT2D eigenvalue weighted by Gasteiger charge is -2.25. The molecule has 1 aliphatic heterocycles. The SMILES string of the molecule is O=C(Nc1ccc(Oc2ccccc2)cc1)C(Cc1ccccc1)N1C(=O)c2ccccc2C1=O. The average molecular weight is 463 g/mol. The first-order chi connectivity index (χ1) is 17.1. The monoisotopic (exact) mass is 462 g/mol. The van der Waals surface area contributed by atoms with Crippen molar-refractivity contribution in [1.82, 2.24) is 4.90 Å². The Balaban J connectivity index is 1.38. The molecule has 0 aromatic heterocycles. The van der Waals surface area contributed by atoms with Gasteiger partial charge in [0.1, 0.15) is 17.5 Å². The molecule has 5 rings (SSSR count). The Kier molecular flexibility index (Phi) is 6.09. The smallest absolute Gasteiger partial charge is 0.262 e. The number of para-hydroxylation sites is 1. The van der Waals surface area contributed by atoms with Gasteiger partial charge in [-0.25, -0.2) is 0 Å². The van der Waals surface area contributed by atoms with Crippen LogP contribution in [0.4, 0.5) is 5.69 Å². The second-order valence-corrected chi connectivity index (χ2v) is 8.16. The molecule has 1 unspecified atom stereocenters. The van der Waals surface area contributed by atoms with Gasteiger partial charge in [-0.05, 0) is 54.1 Å². The van der Waals surface area contributed by atoms with Crippen LogP contribution in [0.2, 0.25) is 0 Å². The van der Waals surface area contributed by atoms with Gasteiger partial charge >= 0.3 is 0 Å². The lowest BCUT2D eigenvalue weighted by molar-refractivity contribution is -0.119. The molecule has 4 aromatic carbocycles. The highest BCUT2D eigenvalue weighted by atomic mass is 16.5. The summed E-state index contributed by atoms with van der Waals surface area (Å²) in [5.41, 5.74) is 2.00. The summed E-state index contributed by atoms with van der Waals surface area (Å²) in [6.07, 6.45) is 0.202. The van der Waals surface area contributed by atoms with Gasteiger partial charge in [0.05, 0.1) is 11.1 Å². The minimum Gasteiger partial charge on any atom is -0.457 e. The van der Waals surface area contributed by atoms with Gasteiger partial charge in [-0.1, -0.05) is 60.7 Å². The summed E-state index contributed by atoms with van der Waals surface area (Å²) in [4.78, 5) is 40.7. The maximum atomic E-state index is 13.4. The van der Waals surface area contributed by atoms with E-state index in [0.717, 1.165) is 10.5 Å². The van der Waals surface area contributed by atoms with Crippen molar-refractivity contribution in [3.05, 3.63) is 126 Å². The number of imide groups is 1. The van der Waals surface area contributed by atoms with Crippen molar-refractivity contribution in [3.8, 4) is 11.5 Å². The largest absolute Gasteiger partial charge is 0.457 e. The van der Waals surface area contributed by atoms with Crippen LogP contribution in [-0.2, 0) is 11.2 Å². The Morgan fingerprint density at radius 3 is 1.80 bits per heavy atom. The number of fused-ring (bicyclic) bond motifs is 1. The molecular formula is C29H22N2O4. The molecule has 3 amide bonds. The standard InChI is InChI=1S/C29H22N2O4/c32-27(30-21-15-17-23(18-16-21)35-22-11-5-2-6-12-22)26(19-20-9-3-1-4-10-20)31-28(33)24-13-7-8-14-25(24)29(31)34/h1-18,26H,19H2,(H,30,32). The predicted octanol–water partition coefficient (Wildman–Crippen LogP) is 5.32. The van der Waals surface area contributed by atoms with Gasteiger partial charge in [-0.2, -0.15) is 0 Å². The van der Waals surface area contributed by atoms with Crippen LogP contribution in [0.5, 0.6) is 11.5 Å². The molecular weight excluding hydrogens is 440 g/mol. The quantitative estimate of drug-likeness (QED) is 0.377. The van der Waals surface area contributed by atoms with Gasteiger partial charge in [-0.15, -0.1) is 0 Å². The molecule has 172 valence electrons. The lowest BCUT2D eigenvalue weighted by Crippen LogP contribution is -2.48. The molecule has 0 saturated heterocycles. The Hall–Kier alpha value is -4.71. The number of hydrogen-bond donors (Lipinski definition) is 1. The third-order valence-corrected chi connectivity index (χ3v) is 5.81. The molecule has 0 bridgehead atoms. The van der Waals surface area contributed by atoms with E-state index in [1.54, 1.807) is 48.5 Å². The van der Waals surface area contributed by atoms with Crippen LogP contribution in [0.1, 0.15) is 26.3 Å². The Morgan fingerprint density at radius 2 is 1.20 bits per heavy atom. The first kappa shape index (κ1) is 22.1. The van der Waals surface area contributed by atoms with Gasteiger partial charge in [-0.3, -0.25) is 19.3 Å². The molecule has 1 N–H and O–H groups in total. The molecule has 1 heterocycles. The highest BCUT2D eigenvalue weighted by Gasteiger charge is 2.42. The van der Waals surface area contributed by atoms with Gasteiger partial charge in [0, 0.05) is 12.1 Å². The highest BCUT2D eigenvalue weighted by Crippen LogP contribution is 2.27. The second-order valence-electron chi connectivity index (χ2n) is 8.16. The average Bonchev–Trinajstić information content (AvgIpc) is 3.15. The topological polar surface area (TPSA) is 75.7 Å². The van der Waals surface area contributed by atoms with Crippen molar-refractivity contribution < 1.29 is 19.1 Å². The Morgan fingerprint density at radius 1 is 0.686 bits per heavy atom. The van der Waals surface area contributed by atoms with Crippen molar-refractivity contribution in [2.24, 2.45) is 0 Å². The molecule has 0 fully saturated rings. The summed E-state index contributed by atoms with van der Waals surface area (Å²) in [5.74, 6) is -0.0464. The van der Waals surface area contributed by atoms with E-state index in [1.807, 2.05) is 60.7 Å². The zero-order chi connectivity index (χ0) is 24.2. The summed E-state index contributed by atoms with van der Waals surface area (Å²) < 4.78 is 5.80. The van der Waals surface area contributed by atoms with E-state index in [4.69, 9.17) is 4.74 Å². The molecule has 35 heavy (non-hydrogen) atoms. The van der Waals surface area contributed by atoms with Crippen molar-refractivity contribution in [2.45, 2.75) is 12.5 Å². The number of carbonyl (C=O) groups excluding carboxylic acids is 3. The lowest BCUT2D eigenvalue weighted by atomic mass is 10.0. The molecule has 0 aliphatic carbocycles. The fourth-order valence-corrected chi connectivity index (χ4v) is 4.09. The van der Waals surface area contributed by atoms with Crippen LogP contribution >= 0.6 is 0 Å². The maximum absolute atomic E-state index is 13.4. The zero-order valence-electron chi connectivity index (χ0n) is 18.8. The van der Waals surface area contributed by atoms with Crippen LogP contribution in [0, 0.1) is 0 Å². The van der Waals surface area contributed by atoms with Crippen molar-refractivity contribution in [3.63, 3.8) is 0 Å². The summed E-state index contributed by atoms with van der Waals surface area (Å²) in [6, 6.07) is 31.3. The molecule has 0 radical (unpaired) electrons. The van der Waals surface area contributed by atoms with Crippen LogP contribution in [0.15, 0.2) is 109 Å². The zero-order valence-corrected chi connectivity index (χ0v) is 18.8. The fourth-order valence-electron chi connectivity index (χ4n) is 4.09. The number of rotatable bonds is 7. The summed E-state index contributed by atoms with van der Waals surface area (Å²) in [7, 11) is 0. The van der Waals surface area contributed by atoms with E-state index in [9.17, 15) is 14.4 Å². The minimum absolute atomic E-state index is 0.202. The van der Waals surface area contributed by atoms with Crippen LogP contribution in [0.3, 0.4) is 0 Å². The molecule has 6 heteroatoms. The first-order valence-electron chi connectivity index (χ1n) is 11.2. The van der Waals surface area contributed by atoms with E-state index in [1.165, 1.54) is 0 Å². The summed E-state index contributed by atoms with van der Waals surface area (Å²) >= 11 is 0. The number of carbonyl (C=O) groups is 3. The number of hydrogen-bond acceptors (Lipinski definition) is 4. The molecule has 6 nitrogen and oxygen atoms in total. The molecule has 0 spiro atoms. The van der Waals surface area contributed by atoms with E-state index in [0.29, 0.717) is 28.3 Å². The third-order valence-electron chi connectivity index (χ3n) is 5.81. The van der Waals surface area contributed by atoms with E-state index in [-0.39, 0.29) is 6.42 Å². The van der Waals surface area contributed by atoms with Crippen LogP contribution < -0.4 is 10.1 Å². The Labute approximate surface area is 202 Å². The third kappa shape index (κ3) is 4.68. The van der Waals surface area contributed by atoms with Crippen molar-refractivity contribution >= 4 is 23.4 Å². The maximum Gasteiger partial charge on any atom is 0.262 e. The number of nitrogens with zero attached hydrogens (tertiary/aromatic N) is 1. The highest BCUT2D eigenvalue weighted by molar-refractivity contribution is 6.23. The molecule has 4 aromatic rings. The van der Waals surface area contributed by atoms with Crippen LogP contribution in [-0.4, -0.2) is 28.7 Å². The number of amides is 3. The van der Waals surface area contributed by atoms with Gasteiger partial charge in [0.25, 0.3) is 11.8 Å².